The maximum atomic E-state index is 12.1. The molecular weight excluding hydrogens is 258 g/mol. The van der Waals surface area contributed by atoms with Crippen LogP contribution in [0.25, 0.3) is 0 Å². The van der Waals surface area contributed by atoms with E-state index in [0.29, 0.717) is 5.69 Å². The molecule has 2 aromatic rings. The standard InChI is InChI=1S/C14H15N3O3/c1-8-4-5-9(2)11(6-8)16-12(18)10-7-15-14(20)17(3)13(10)19/h4-7H,1-3H3,(H,15,20)(H,16,18). The highest BCUT2D eigenvalue weighted by molar-refractivity contribution is 6.04. The summed E-state index contributed by atoms with van der Waals surface area (Å²) in [7, 11) is 1.32. The van der Waals surface area contributed by atoms with Gasteiger partial charge in [-0.05, 0) is 31.0 Å². The lowest BCUT2D eigenvalue weighted by molar-refractivity contribution is 0.102. The molecule has 0 unspecified atom stereocenters. The van der Waals surface area contributed by atoms with Crippen LogP contribution in [0.2, 0.25) is 0 Å². The van der Waals surface area contributed by atoms with Gasteiger partial charge < -0.3 is 10.3 Å². The maximum Gasteiger partial charge on any atom is 0.328 e. The minimum atomic E-state index is -0.628. The summed E-state index contributed by atoms with van der Waals surface area (Å²) in [5.74, 6) is -0.546. The van der Waals surface area contributed by atoms with E-state index < -0.39 is 17.2 Å². The molecule has 0 aliphatic carbocycles. The fourth-order valence-corrected chi connectivity index (χ4v) is 1.79. The molecule has 0 saturated carbocycles. The molecule has 6 heteroatoms. The first kappa shape index (κ1) is 13.8. The van der Waals surface area contributed by atoms with Crippen molar-refractivity contribution in [1.29, 1.82) is 0 Å². The lowest BCUT2D eigenvalue weighted by Gasteiger charge is -2.09. The molecular formula is C14H15N3O3. The number of anilines is 1. The second-order valence-electron chi connectivity index (χ2n) is 4.64. The Morgan fingerprint density at radius 3 is 2.65 bits per heavy atom. The normalized spacial score (nSPS) is 10.3. The molecule has 0 spiro atoms. The third kappa shape index (κ3) is 2.54. The van der Waals surface area contributed by atoms with Crippen molar-refractivity contribution in [2.45, 2.75) is 13.8 Å². The van der Waals surface area contributed by atoms with E-state index in [2.05, 4.69) is 10.3 Å². The summed E-state index contributed by atoms with van der Waals surface area (Å²) in [6.45, 7) is 3.77. The van der Waals surface area contributed by atoms with E-state index in [-0.39, 0.29) is 5.56 Å². The minimum absolute atomic E-state index is 0.104. The first-order chi connectivity index (χ1) is 9.40. The monoisotopic (exact) mass is 273 g/mol. The molecule has 1 aromatic carbocycles. The number of aryl methyl sites for hydroxylation is 2. The van der Waals surface area contributed by atoms with E-state index in [0.717, 1.165) is 21.9 Å². The molecule has 20 heavy (non-hydrogen) atoms. The number of carbonyl (C=O) groups is 1. The number of amides is 1. The molecule has 0 saturated heterocycles. The van der Waals surface area contributed by atoms with E-state index in [1.54, 1.807) is 0 Å². The largest absolute Gasteiger partial charge is 0.328 e. The average Bonchev–Trinajstić information content (AvgIpc) is 2.40. The van der Waals surface area contributed by atoms with Crippen LogP contribution in [0.5, 0.6) is 0 Å². The van der Waals surface area contributed by atoms with Crippen molar-refractivity contribution in [2.75, 3.05) is 5.32 Å². The Labute approximate surface area is 115 Å². The van der Waals surface area contributed by atoms with Crippen molar-refractivity contribution in [3.63, 3.8) is 0 Å². The number of aromatic amines is 1. The van der Waals surface area contributed by atoms with E-state index in [9.17, 15) is 14.4 Å². The Morgan fingerprint density at radius 2 is 1.95 bits per heavy atom. The smallest absolute Gasteiger partial charge is 0.322 e. The molecule has 2 N–H and O–H groups in total. The summed E-state index contributed by atoms with van der Waals surface area (Å²) in [5, 5.41) is 2.68. The first-order valence-electron chi connectivity index (χ1n) is 6.07. The third-order valence-electron chi connectivity index (χ3n) is 3.07. The molecule has 2 rings (SSSR count). The predicted molar refractivity (Wildman–Crippen MR) is 76.2 cm³/mol. The van der Waals surface area contributed by atoms with Gasteiger partial charge >= 0.3 is 5.69 Å². The first-order valence-corrected chi connectivity index (χ1v) is 6.07. The lowest BCUT2D eigenvalue weighted by atomic mass is 10.1. The van der Waals surface area contributed by atoms with Crippen LogP contribution in [0.3, 0.4) is 0 Å². The van der Waals surface area contributed by atoms with Gasteiger partial charge in [0.15, 0.2) is 0 Å². The molecule has 0 fully saturated rings. The number of hydrogen-bond acceptors (Lipinski definition) is 3. The van der Waals surface area contributed by atoms with Crippen molar-refractivity contribution in [3.8, 4) is 0 Å². The topological polar surface area (TPSA) is 84.0 Å². The Hall–Kier alpha value is -2.63. The minimum Gasteiger partial charge on any atom is -0.322 e. The highest BCUT2D eigenvalue weighted by Crippen LogP contribution is 2.16. The van der Waals surface area contributed by atoms with Gasteiger partial charge in [-0.1, -0.05) is 12.1 Å². The van der Waals surface area contributed by atoms with Gasteiger partial charge in [0.1, 0.15) is 5.56 Å². The summed E-state index contributed by atoms with van der Waals surface area (Å²) in [6, 6.07) is 5.64. The summed E-state index contributed by atoms with van der Waals surface area (Å²) < 4.78 is 0.859. The van der Waals surface area contributed by atoms with Crippen LogP contribution < -0.4 is 16.6 Å². The van der Waals surface area contributed by atoms with Gasteiger partial charge in [-0.2, -0.15) is 0 Å². The van der Waals surface area contributed by atoms with Crippen LogP contribution in [0.15, 0.2) is 34.0 Å². The second-order valence-corrected chi connectivity index (χ2v) is 4.64. The van der Waals surface area contributed by atoms with Crippen LogP contribution in [0, 0.1) is 13.8 Å². The summed E-state index contributed by atoms with van der Waals surface area (Å²) in [6.07, 6.45) is 1.13. The van der Waals surface area contributed by atoms with Crippen LogP contribution in [-0.2, 0) is 7.05 Å². The highest BCUT2D eigenvalue weighted by Gasteiger charge is 2.14. The van der Waals surface area contributed by atoms with E-state index in [1.165, 1.54) is 7.05 Å². The van der Waals surface area contributed by atoms with Crippen LogP contribution >= 0.6 is 0 Å². The van der Waals surface area contributed by atoms with Gasteiger partial charge in [0.05, 0.1) is 0 Å². The molecule has 104 valence electrons. The molecule has 1 heterocycles. The van der Waals surface area contributed by atoms with Gasteiger partial charge in [0.25, 0.3) is 11.5 Å². The Morgan fingerprint density at radius 1 is 1.25 bits per heavy atom. The lowest BCUT2D eigenvalue weighted by Crippen LogP contribution is -2.37. The molecule has 0 aliphatic rings. The molecule has 0 radical (unpaired) electrons. The van der Waals surface area contributed by atoms with E-state index in [4.69, 9.17) is 0 Å². The number of nitrogens with zero attached hydrogens (tertiary/aromatic N) is 1. The summed E-state index contributed by atoms with van der Waals surface area (Å²) in [4.78, 5) is 37.6. The average molecular weight is 273 g/mol. The fourth-order valence-electron chi connectivity index (χ4n) is 1.79. The van der Waals surface area contributed by atoms with Gasteiger partial charge in [0, 0.05) is 18.9 Å². The molecule has 6 nitrogen and oxygen atoms in total. The molecule has 1 aromatic heterocycles. The van der Waals surface area contributed by atoms with E-state index in [1.807, 2.05) is 32.0 Å². The highest BCUT2D eigenvalue weighted by atomic mass is 16.2. The number of rotatable bonds is 2. The zero-order valence-electron chi connectivity index (χ0n) is 11.5. The fraction of sp³-hybridized carbons (Fsp3) is 0.214. The number of nitrogens with one attached hydrogen (secondary N) is 2. The third-order valence-corrected chi connectivity index (χ3v) is 3.07. The van der Waals surface area contributed by atoms with Crippen LogP contribution in [0.4, 0.5) is 5.69 Å². The zero-order chi connectivity index (χ0) is 14.9. The number of H-pyrrole nitrogens is 1. The van der Waals surface area contributed by atoms with Crippen LogP contribution in [0.1, 0.15) is 21.5 Å². The van der Waals surface area contributed by atoms with Crippen molar-refractivity contribution in [3.05, 3.63) is 61.9 Å². The quantitative estimate of drug-likeness (QED) is 0.854. The van der Waals surface area contributed by atoms with Crippen molar-refractivity contribution >= 4 is 11.6 Å². The molecule has 0 atom stereocenters. The van der Waals surface area contributed by atoms with Gasteiger partial charge in [-0.3, -0.25) is 14.2 Å². The van der Waals surface area contributed by atoms with Crippen LogP contribution in [-0.4, -0.2) is 15.5 Å². The SMILES string of the molecule is Cc1ccc(C)c(NC(=O)c2c[nH]c(=O)n(C)c2=O)c1. The Bertz CT molecular complexity index is 787. The van der Waals surface area contributed by atoms with Gasteiger partial charge in [-0.25, -0.2) is 4.79 Å². The summed E-state index contributed by atoms with van der Waals surface area (Å²) in [5.41, 5.74) is 1.25. The predicted octanol–water partition coefficient (Wildman–Crippen LogP) is 0.943. The Balaban J connectivity index is 2.38. The number of hydrogen-bond donors (Lipinski definition) is 2. The summed E-state index contributed by atoms with van der Waals surface area (Å²) >= 11 is 0. The second kappa shape index (κ2) is 5.16. The Kier molecular flexibility index (Phi) is 3.56. The molecule has 1 amide bonds. The van der Waals surface area contributed by atoms with Crippen molar-refractivity contribution in [1.82, 2.24) is 9.55 Å². The number of benzene rings is 1. The van der Waals surface area contributed by atoms with Gasteiger partial charge in [-0.15, -0.1) is 0 Å². The van der Waals surface area contributed by atoms with E-state index >= 15 is 0 Å². The van der Waals surface area contributed by atoms with Crippen molar-refractivity contribution in [2.24, 2.45) is 7.05 Å². The molecule has 0 aliphatic heterocycles. The maximum absolute atomic E-state index is 12.1. The van der Waals surface area contributed by atoms with Gasteiger partial charge in [0.2, 0.25) is 0 Å². The molecule has 0 bridgehead atoms. The number of aromatic nitrogens is 2. The number of carbonyl (C=O) groups excluding carboxylic acids is 1. The zero-order valence-corrected chi connectivity index (χ0v) is 11.5. The van der Waals surface area contributed by atoms with Crippen molar-refractivity contribution < 1.29 is 4.79 Å².